The average molecular weight is 268 g/mol. The van der Waals surface area contributed by atoms with E-state index < -0.39 is 0 Å². The van der Waals surface area contributed by atoms with Gasteiger partial charge in [0.15, 0.2) is 0 Å². The lowest BCUT2D eigenvalue weighted by Gasteiger charge is -2.18. The van der Waals surface area contributed by atoms with Crippen LogP contribution in [0.15, 0.2) is 6.33 Å². The first-order valence-electron chi connectivity index (χ1n) is 7.38. The molecule has 0 amide bonds. The summed E-state index contributed by atoms with van der Waals surface area (Å²) < 4.78 is 7.41. The van der Waals surface area contributed by atoms with Crippen LogP contribution in [0.5, 0.6) is 0 Å². The van der Waals surface area contributed by atoms with Gasteiger partial charge in [-0.15, -0.1) is 0 Å². The molecular formula is C14H28N4O. The third-order valence-corrected chi connectivity index (χ3v) is 3.10. The van der Waals surface area contributed by atoms with Crippen LogP contribution in [0.3, 0.4) is 0 Å². The molecule has 0 aliphatic heterocycles. The minimum Gasteiger partial charge on any atom is -0.382 e. The topological polar surface area (TPSA) is 52.0 Å². The number of nitrogens with zero attached hydrogens (tertiary/aromatic N) is 3. The summed E-state index contributed by atoms with van der Waals surface area (Å²) >= 11 is 0. The zero-order valence-electron chi connectivity index (χ0n) is 12.7. The molecule has 110 valence electrons. The molecule has 19 heavy (non-hydrogen) atoms. The third-order valence-electron chi connectivity index (χ3n) is 3.10. The fourth-order valence-electron chi connectivity index (χ4n) is 2.21. The van der Waals surface area contributed by atoms with E-state index in [4.69, 9.17) is 4.74 Å². The third kappa shape index (κ3) is 5.70. The summed E-state index contributed by atoms with van der Waals surface area (Å²) in [5.74, 6) is 1.07. The molecule has 1 rings (SSSR count). The van der Waals surface area contributed by atoms with E-state index in [1.54, 1.807) is 6.33 Å². The van der Waals surface area contributed by atoms with Crippen LogP contribution >= 0.6 is 0 Å². The highest BCUT2D eigenvalue weighted by Crippen LogP contribution is 2.10. The second-order valence-corrected chi connectivity index (χ2v) is 5.01. The molecule has 0 aliphatic carbocycles. The molecule has 0 aromatic carbocycles. The molecular weight excluding hydrogens is 240 g/mol. The van der Waals surface area contributed by atoms with E-state index in [2.05, 4.69) is 36.2 Å². The molecule has 0 saturated heterocycles. The van der Waals surface area contributed by atoms with Crippen LogP contribution < -0.4 is 5.32 Å². The van der Waals surface area contributed by atoms with Crippen molar-refractivity contribution >= 4 is 0 Å². The Balaban J connectivity index is 2.49. The summed E-state index contributed by atoms with van der Waals surface area (Å²) in [6.45, 7) is 11.1. The average Bonchev–Trinajstić information content (AvgIpc) is 2.83. The van der Waals surface area contributed by atoms with Crippen molar-refractivity contribution in [1.29, 1.82) is 0 Å². The number of aromatic nitrogens is 3. The molecule has 1 N–H and O–H groups in total. The van der Waals surface area contributed by atoms with Crippen molar-refractivity contribution in [2.24, 2.45) is 0 Å². The number of ether oxygens (including phenoxy) is 1. The fraction of sp³-hybridized carbons (Fsp3) is 0.857. The summed E-state index contributed by atoms with van der Waals surface area (Å²) in [6.07, 6.45) is 4.77. The smallest absolute Gasteiger partial charge is 0.138 e. The van der Waals surface area contributed by atoms with Crippen LogP contribution in [0.25, 0.3) is 0 Å². The SMILES string of the molecule is CCNC(CCCOCC)Cc1ncnn1C(C)C. The Morgan fingerprint density at radius 3 is 2.79 bits per heavy atom. The van der Waals surface area contributed by atoms with Crippen LogP contribution in [0, 0.1) is 0 Å². The van der Waals surface area contributed by atoms with E-state index in [9.17, 15) is 0 Å². The maximum atomic E-state index is 5.40. The molecule has 1 unspecified atom stereocenters. The lowest BCUT2D eigenvalue weighted by atomic mass is 10.1. The zero-order valence-corrected chi connectivity index (χ0v) is 12.7. The second-order valence-electron chi connectivity index (χ2n) is 5.01. The van der Waals surface area contributed by atoms with Crippen molar-refractivity contribution in [3.63, 3.8) is 0 Å². The van der Waals surface area contributed by atoms with Crippen molar-refractivity contribution in [3.8, 4) is 0 Å². The lowest BCUT2D eigenvalue weighted by molar-refractivity contribution is 0.140. The van der Waals surface area contributed by atoms with Gasteiger partial charge in [0.25, 0.3) is 0 Å². The van der Waals surface area contributed by atoms with Gasteiger partial charge in [-0.3, -0.25) is 0 Å². The van der Waals surface area contributed by atoms with Crippen LogP contribution in [-0.2, 0) is 11.2 Å². The normalized spacial score (nSPS) is 13.1. The van der Waals surface area contributed by atoms with Crippen molar-refractivity contribution in [2.75, 3.05) is 19.8 Å². The molecule has 1 aromatic heterocycles. The number of likely N-dealkylation sites (N-methyl/N-ethyl adjacent to an activating group) is 1. The summed E-state index contributed by atoms with van der Waals surface area (Å²) in [6, 6.07) is 0.815. The second kappa shape index (κ2) is 9.04. The summed E-state index contributed by atoms with van der Waals surface area (Å²) in [5, 5.41) is 7.82. The number of hydrogen-bond acceptors (Lipinski definition) is 4. The van der Waals surface area contributed by atoms with Gasteiger partial charge >= 0.3 is 0 Å². The van der Waals surface area contributed by atoms with Gasteiger partial charge in [-0.25, -0.2) is 9.67 Å². The van der Waals surface area contributed by atoms with Gasteiger partial charge in [0.1, 0.15) is 12.2 Å². The van der Waals surface area contributed by atoms with Gasteiger partial charge in [-0.1, -0.05) is 6.92 Å². The minimum absolute atomic E-state index is 0.364. The fourth-order valence-corrected chi connectivity index (χ4v) is 2.21. The van der Waals surface area contributed by atoms with E-state index in [0.717, 1.165) is 44.8 Å². The quantitative estimate of drug-likeness (QED) is 0.661. The Hall–Kier alpha value is -0.940. The predicted octanol–water partition coefficient (Wildman–Crippen LogP) is 2.20. The van der Waals surface area contributed by atoms with Gasteiger partial charge in [0.05, 0.1) is 0 Å². The molecule has 0 fully saturated rings. The van der Waals surface area contributed by atoms with Crippen molar-refractivity contribution in [3.05, 3.63) is 12.2 Å². The molecule has 1 heterocycles. The standard InChI is InChI=1S/C14H28N4O/c1-5-15-13(8-7-9-19-6-2)10-14-16-11-17-18(14)12(3)4/h11-13,15H,5-10H2,1-4H3. The lowest BCUT2D eigenvalue weighted by Crippen LogP contribution is -2.32. The first kappa shape index (κ1) is 16.1. The Kier molecular flexibility index (Phi) is 7.67. The Bertz CT molecular complexity index is 338. The number of rotatable bonds is 10. The molecule has 0 bridgehead atoms. The van der Waals surface area contributed by atoms with Gasteiger partial charge in [-0.05, 0) is 40.2 Å². The van der Waals surface area contributed by atoms with E-state index in [1.165, 1.54) is 0 Å². The maximum Gasteiger partial charge on any atom is 0.138 e. The van der Waals surface area contributed by atoms with E-state index in [0.29, 0.717) is 12.1 Å². The van der Waals surface area contributed by atoms with Crippen LogP contribution in [-0.4, -0.2) is 40.6 Å². The van der Waals surface area contributed by atoms with Crippen molar-refractivity contribution < 1.29 is 4.74 Å². The minimum atomic E-state index is 0.364. The molecule has 5 nitrogen and oxygen atoms in total. The Morgan fingerprint density at radius 1 is 1.37 bits per heavy atom. The number of hydrogen-bond donors (Lipinski definition) is 1. The summed E-state index contributed by atoms with van der Waals surface area (Å²) in [7, 11) is 0. The summed E-state index contributed by atoms with van der Waals surface area (Å²) in [4.78, 5) is 4.38. The highest BCUT2D eigenvalue weighted by atomic mass is 16.5. The Morgan fingerprint density at radius 2 is 2.16 bits per heavy atom. The first-order valence-corrected chi connectivity index (χ1v) is 7.38. The molecule has 1 atom stereocenters. The number of nitrogens with one attached hydrogen (secondary N) is 1. The summed E-state index contributed by atoms with van der Waals surface area (Å²) in [5.41, 5.74) is 0. The highest BCUT2D eigenvalue weighted by molar-refractivity contribution is 4.91. The first-order chi connectivity index (χ1) is 9.19. The van der Waals surface area contributed by atoms with Gasteiger partial charge in [-0.2, -0.15) is 5.10 Å². The molecule has 1 aromatic rings. The van der Waals surface area contributed by atoms with E-state index >= 15 is 0 Å². The van der Waals surface area contributed by atoms with Gasteiger partial charge in [0, 0.05) is 31.7 Å². The predicted molar refractivity (Wildman–Crippen MR) is 77.3 cm³/mol. The molecule has 0 saturated carbocycles. The zero-order chi connectivity index (χ0) is 14.1. The van der Waals surface area contributed by atoms with E-state index in [1.807, 2.05) is 11.6 Å². The molecule has 0 radical (unpaired) electrons. The molecule has 0 aliphatic rings. The van der Waals surface area contributed by atoms with Crippen molar-refractivity contribution in [2.45, 2.75) is 59.0 Å². The van der Waals surface area contributed by atoms with Crippen LogP contribution in [0.4, 0.5) is 0 Å². The van der Waals surface area contributed by atoms with Crippen molar-refractivity contribution in [1.82, 2.24) is 20.1 Å². The highest BCUT2D eigenvalue weighted by Gasteiger charge is 2.14. The Labute approximate surface area is 116 Å². The molecule has 0 spiro atoms. The van der Waals surface area contributed by atoms with Crippen LogP contribution in [0.1, 0.15) is 52.4 Å². The monoisotopic (exact) mass is 268 g/mol. The molecule has 5 heteroatoms. The largest absolute Gasteiger partial charge is 0.382 e. The van der Waals surface area contributed by atoms with Gasteiger partial charge < -0.3 is 10.1 Å². The van der Waals surface area contributed by atoms with Gasteiger partial charge in [0.2, 0.25) is 0 Å². The van der Waals surface area contributed by atoms with E-state index in [-0.39, 0.29) is 0 Å². The maximum absolute atomic E-state index is 5.40. The van der Waals surface area contributed by atoms with Crippen LogP contribution in [0.2, 0.25) is 0 Å².